The third kappa shape index (κ3) is 3.89. The minimum absolute atomic E-state index is 0.593. The highest BCUT2D eigenvalue weighted by atomic mass is 32.1. The van der Waals surface area contributed by atoms with E-state index in [-0.39, 0.29) is 0 Å². The monoisotopic (exact) mass is 645 g/mol. The highest BCUT2D eigenvalue weighted by Crippen LogP contribution is 2.45. The molecule has 0 unspecified atom stereocenters. The summed E-state index contributed by atoms with van der Waals surface area (Å²) in [6.07, 6.45) is 0. The quantitative estimate of drug-likeness (QED) is 0.179. The second kappa shape index (κ2) is 10.1. The van der Waals surface area contributed by atoms with Crippen LogP contribution in [0.3, 0.4) is 0 Å². The van der Waals surface area contributed by atoms with E-state index in [1.807, 2.05) is 60.7 Å². The smallest absolute Gasteiger partial charge is 0.227 e. The fourth-order valence-corrected chi connectivity index (χ4v) is 8.46. The molecule has 0 N–H and O–H groups in total. The number of hydrogen-bond donors (Lipinski definition) is 0. The van der Waals surface area contributed by atoms with Crippen molar-refractivity contribution >= 4 is 86.2 Å². The van der Waals surface area contributed by atoms with Crippen molar-refractivity contribution in [3.05, 3.63) is 140 Å². The van der Waals surface area contributed by atoms with Crippen LogP contribution in [-0.4, -0.2) is 15.0 Å². The second-order valence-electron chi connectivity index (χ2n) is 12.3. The number of aromatic nitrogens is 3. The number of hydrogen-bond acceptors (Lipinski definition) is 6. The van der Waals surface area contributed by atoms with Crippen molar-refractivity contribution in [1.82, 2.24) is 15.0 Å². The highest BCUT2D eigenvalue weighted by molar-refractivity contribution is 7.26. The maximum Gasteiger partial charge on any atom is 0.227 e. The number of benzene rings is 7. The summed E-state index contributed by atoms with van der Waals surface area (Å²) in [6, 6.07) is 47.9. The van der Waals surface area contributed by atoms with Gasteiger partial charge >= 0.3 is 0 Å². The van der Waals surface area contributed by atoms with E-state index >= 15 is 0 Å². The van der Waals surface area contributed by atoms with Gasteiger partial charge in [0.1, 0.15) is 16.7 Å². The molecule has 6 heteroatoms. The Morgan fingerprint density at radius 3 is 2.04 bits per heavy atom. The molecule has 0 bridgehead atoms. The summed E-state index contributed by atoms with van der Waals surface area (Å²) in [5, 5.41) is 7.63. The number of nitrogens with zero attached hydrogens (tertiary/aromatic N) is 3. The van der Waals surface area contributed by atoms with Gasteiger partial charge in [-0.05, 0) is 52.6 Å². The molecule has 49 heavy (non-hydrogen) atoms. The number of rotatable bonds is 3. The van der Waals surface area contributed by atoms with Crippen LogP contribution >= 0.6 is 11.3 Å². The SMILES string of the molecule is c1ccc(-c2nc(-c3cccc4c3ccc3ccc5oc6ccc7oc(-c8ccccc8)nc7c6c5c34)c3sc4ccccc4c3n2)cc1. The van der Waals surface area contributed by atoms with Gasteiger partial charge in [0.05, 0.1) is 21.3 Å². The van der Waals surface area contributed by atoms with Gasteiger partial charge in [0.2, 0.25) is 5.89 Å². The summed E-state index contributed by atoms with van der Waals surface area (Å²) in [6.45, 7) is 0. The fourth-order valence-electron chi connectivity index (χ4n) is 7.32. The van der Waals surface area contributed by atoms with Crippen LogP contribution in [0.25, 0.3) is 109 Å². The molecular weight excluding hydrogens is 623 g/mol. The molecule has 5 nitrogen and oxygen atoms in total. The van der Waals surface area contributed by atoms with Gasteiger partial charge in [0.15, 0.2) is 11.4 Å². The van der Waals surface area contributed by atoms with Crippen molar-refractivity contribution in [2.45, 2.75) is 0 Å². The normalized spacial score (nSPS) is 12.1. The molecule has 11 aromatic rings. The topological polar surface area (TPSA) is 65.0 Å². The molecule has 4 aromatic heterocycles. The molecule has 228 valence electrons. The number of fused-ring (bicyclic) bond motifs is 12. The van der Waals surface area contributed by atoms with Crippen molar-refractivity contribution in [1.29, 1.82) is 0 Å². The first kappa shape index (κ1) is 26.7. The minimum Gasteiger partial charge on any atom is -0.456 e. The van der Waals surface area contributed by atoms with E-state index in [0.717, 1.165) is 98.4 Å². The molecule has 0 radical (unpaired) electrons. The average Bonchev–Trinajstić information content (AvgIpc) is 3.88. The van der Waals surface area contributed by atoms with Crippen LogP contribution in [0.2, 0.25) is 0 Å². The van der Waals surface area contributed by atoms with E-state index < -0.39 is 0 Å². The summed E-state index contributed by atoms with van der Waals surface area (Å²) in [7, 11) is 0. The Morgan fingerprint density at radius 2 is 1.16 bits per heavy atom. The summed E-state index contributed by atoms with van der Waals surface area (Å²) in [5.74, 6) is 1.31. The van der Waals surface area contributed by atoms with E-state index in [1.54, 1.807) is 11.3 Å². The van der Waals surface area contributed by atoms with Gasteiger partial charge < -0.3 is 8.83 Å². The Hall–Kier alpha value is -6.37. The minimum atomic E-state index is 0.593. The molecule has 0 aliphatic carbocycles. The predicted molar refractivity (Wildman–Crippen MR) is 201 cm³/mol. The molecule has 0 amide bonds. The van der Waals surface area contributed by atoms with Crippen molar-refractivity contribution < 1.29 is 8.83 Å². The van der Waals surface area contributed by atoms with Crippen molar-refractivity contribution in [2.24, 2.45) is 0 Å². The van der Waals surface area contributed by atoms with Crippen LogP contribution in [0.4, 0.5) is 0 Å². The van der Waals surface area contributed by atoms with Crippen molar-refractivity contribution in [3.8, 4) is 34.1 Å². The number of furan rings is 1. The van der Waals surface area contributed by atoms with Crippen molar-refractivity contribution in [3.63, 3.8) is 0 Å². The Bertz CT molecular complexity index is 3100. The molecule has 0 saturated carbocycles. The molecule has 0 atom stereocenters. The largest absolute Gasteiger partial charge is 0.456 e. The van der Waals surface area contributed by atoms with Gasteiger partial charge in [-0.25, -0.2) is 15.0 Å². The van der Waals surface area contributed by atoms with Crippen molar-refractivity contribution in [2.75, 3.05) is 0 Å². The van der Waals surface area contributed by atoms with Crippen LogP contribution in [0, 0.1) is 0 Å². The molecule has 0 fully saturated rings. The zero-order valence-electron chi connectivity index (χ0n) is 25.8. The van der Waals surface area contributed by atoms with Gasteiger partial charge in [-0.3, -0.25) is 0 Å². The van der Waals surface area contributed by atoms with Crippen LogP contribution in [0.1, 0.15) is 0 Å². The molecule has 0 saturated heterocycles. The maximum absolute atomic E-state index is 6.50. The van der Waals surface area contributed by atoms with E-state index in [4.69, 9.17) is 23.8 Å². The molecule has 0 aliphatic heterocycles. The highest BCUT2D eigenvalue weighted by Gasteiger charge is 2.22. The fraction of sp³-hybridized carbons (Fsp3) is 0. The Labute approximate surface area is 282 Å². The van der Waals surface area contributed by atoms with E-state index in [9.17, 15) is 0 Å². The van der Waals surface area contributed by atoms with E-state index in [1.165, 1.54) is 4.70 Å². The van der Waals surface area contributed by atoms with E-state index in [2.05, 4.69) is 78.9 Å². The average molecular weight is 646 g/mol. The van der Waals surface area contributed by atoms with Gasteiger partial charge in [0, 0.05) is 37.5 Å². The van der Waals surface area contributed by atoms with Gasteiger partial charge in [-0.15, -0.1) is 11.3 Å². The van der Waals surface area contributed by atoms with Crippen LogP contribution in [-0.2, 0) is 0 Å². The molecule has 0 spiro atoms. The molecule has 11 rings (SSSR count). The lowest BCUT2D eigenvalue weighted by molar-refractivity contribution is 0.619. The zero-order valence-corrected chi connectivity index (χ0v) is 26.7. The van der Waals surface area contributed by atoms with Gasteiger partial charge in [0.25, 0.3) is 0 Å². The molecule has 7 aromatic carbocycles. The van der Waals surface area contributed by atoms with E-state index in [0.29, 0.717) is 5.89 Å². The first-order valence-electron chi connectivity index (χ1n) is 16.2. The van der Waals surface area contributed by atoms with Gasteiger partial charge in [-0.1, -0.05) is 103 Å². The Balaban J connectivity index is 1.24. The molecular formula is C43H23N3O2S. The zero-order chi connectivity index (χ0) is 32.1. The lowest BCUT2D eigenvalue weighted by Crippen LogP contribution is -1.94. The van der Waals surface area contributed by atoms with Crippen LogP contribution in [0.5, 0.6) is 0 Å². The van der Waals surface area contributed by atoms with Gasteiger partial charge in [-0.2, -0.15) is 0 Å². The molecule has 4 heterocycles. The Morgan fingerprint density at radius 1 is 0.449 bits per heavy atom. The standard InChI is InChI=1S/C43H23N3O2S/c1-3-10-25(11-4-1)42-44-38(41-39(45-42)30-14-7-8-17-34(30)49-41)29-16-9-15-28-27(29)20-18-24-19-21-31-36(35(24)28)37-32(47-31)22-23-33-40(37)46-43(48-33)26-12-5-2-6-13-26/h1-23H. The summed E-state index contributed by atoms with van der Waals surface area (Å²) >= 11 is 1.75. The predicted octanol–water partition coefficient (Wildman–Crippen LogP) is 12.2. The number of oxazole rings is 1. The lowest BCUT2D eigenvalue weighted by atomic mass is 9.94. The van der Waals surface area contributed by atoms with Crippen LogP contribution in [0.15, 0.2) is 148 Å². The third-order valence-electron chi connectivity index (χ3n) is 9.52. The Kier molecular flexibility index (Phi) is 5.48. The van der Waals surface area contributed by atoms with Crippen LogP contribution < -0.4 is 0 Å². The third-order valence-corrected chi connectivity index (χ3v) is 10.7. The first-order valence-corrected chi connectivity index (χ1v) is 17.0. The first-order chi connectivity index (χ1) is 24.3. The summed E-state index contributed by atoms with van der Waals surface area (Å²) in [4.78, 5) is 15.5. The summed E-state index contributed by atoms with van der Waals surface area (Å²) < 4.78 is 15.1. The molecule has 0 aliphatic rings. The second-order valence-corrected chi connectivity index (χ2v) is 13.4. The number of thiophene rings is 1. The lowest BCUT2D eigenvalue weighted by Gasteiger charge is -2.12. The maximum atomic E-state index is 6.50. The summed E-state index contributed by atoms with van der Waals surface area (Å²) in [5.41, 5.74) is 8.04.